The van der Waals surface area contributed by atoms with Crippen molar-refractivity contribution in [3.05, 3.63) is 58.9 Å². The van der Waals surface area contributed by atoms with E-state index >= 15 is 0 Å². The summed E-state index contributed by atoms with van der Waals surface area (Å²) in [6.45, 7) is 4.48. The van der Waals surface area contributed by atoms with Gasteiger partial charge in [-0.3, -0.25) is 19.9 Å². The lowest BCUT2D eigenvalue weighted by Gasteiger charge is -2.13. The van der Waals surface area contributed by atoms with Gasteiger partial charge >= 0.3 is 0 Å². The summed E-state index contributed by atoms with van der Waals surface area (Å²) in [6.07, 6.45) is 4.26. The average Bonchev–Trinajstić information content (AvgIpc) is 3.11. The van der Waals surface area contributed by atoms with Crippen LogP contribution in [0.5, 0.6) is 0 Å². The third kappa shape index (κ3) is 4.77. The van der Waals surface area contributed by atoms with Gasteiger partial charge in [0.05, 0.1) is 10.2 Å². The zero-order chi connectivity index (χ0) is 20.8. The molecule has 2 heterocycles. The minimum absolute atomic E-state index is 0.146. The van der Waals surface area contributed by atoms with E-state index < -0.39 is 10.2 Å². The highest BCUT2D eigenvalue weighted by molar-refractivity contribution is 8.00. The first-order valence-corrected chi connectivity index (χ1v) is 9.93. The van der Waals surface area contributed by atoms with Gasteiger partial charge in [0.15, 0.2) is 11.0 Å². The maximum absolute atomic E-state index is 12.6. The number of carbonyl (C=O) groups is 1. The Hall–Kier alpha value is -3.27. The molecule has 0 aliphatic carbocycles. The SMILES string of the molecule is CCCn1c(S[C@@H](C)C(=O)Nc2ccccc2[N+](=O)[O-])nnc1-c1ccncc1. The number of nitrogens with zero attached hydrogens (tertiary/aromatic N) is 5. The van der Waals surface area contributed by atoms with Crippen molar-refractivity contribution >= 4 is 29.0 Å². The molecular formula is C19H20N6O3S. The number of rotatable bonds is 8. The van der Waals surface area contributed by atoms with Crippen LogP contribution < -0.4 is 5.32 Å². The second-order valence-electron chi connectivity index (χ2n) is 6.22. The zero-order valence-corrected chi connectivity index (χ0v) is 16.8. The molecule has 1 N–H and O–H groups in total. The van der Waals surface area contributed by atoms with Crippen LogP contribution in [-0.4, -0.2) is 35.8 Å². The quantitative estimate of drug-likeness (QED) is 0.340. The molecule has 0 radical (unpaired) electrons. The summed E-state index contributed by atoms with van der Waals surface area (Å²) in [6, 6.07) is 9.77. The number of anilines is 1. The summed E-state index contributed by atoms with van der Waals surface area (Å²) >= 11 is 1.26. The van der Waals surface area contributed by atoms with Gasteiger partial charge in [-0.25, -0.2) is 0 Å². The predicted octanol–water partition coefficient (Wildman–Crippen LogP) is 3.78. The number of thioether (sulfide) groups is 1. The van der Waals surface area contributed by atoms with Gasteiger partial charge in [0.1, 0.15) is 5.69 Å². The van der Waals surface area contributed by atoms with E-state index in [1.54, 1.807) is 31.5 Å². The van der Waals surface area contributed by atoms with E-state index in [2.05, 4.69) is 27.4 Å². The molecule has 0 fully saturated rings. The Balaban J connectivity index is 1.78. The van der Waals surface area contributed by atoms with Crippen LogP contribution in [0.2, 0.25) is 0 Å². The number of hydrogen-bond acceptors (Lipinski definition) is 7. The molecular weight excluding hydrogens is 392 g/mol. The third-order valence-corrected chi connectivity index (χ3v) is 5.19. The van der Waals surface area contributed by atoms with Crippen molar-refractivity contribution in [2.24, 2.45) is 0 Å². The summed E-state index contributed by atoms with van der Waals surface area (Å²) in [5, 5.41) is 22.4. The summed E-state index contributed by atoms with van der Waals surface area (Å²) in [4.78, 5) is 27.3. The normalized spacial score (nSPS) is 11.8. The molecule has 1 amide bonds. The highest BCUT2D eigenvalue weighted by Crippen LogP contribution is 2.29. The standard InChI is InChI=1S/C19H20N6O3S/c1-3-12-24-17(14-8-10-20-11-9-14)22-23-19(24)29-13(2)18(26)21-15-6-4-5-7-16(15)25(27)28/h4-11,13H,3,12H2,1-2H3,(H,21,26)/t13-/m0/s1. The molecule has 1 atom stereocenters. The Labute approximate surface area is 171 Å². The van der Waals surface area contributed by atoms with Crippen LogP contribution in [0.4, 0.5) is 11.4 Å². The minimum atomic E-state index is -0.528. The van der Waals surface area contributed by atoms with Crippen LogP contribution in [0.3, 0.4) is 0 Å². The van der Waals surface area contributed by atoms with Gasteiger partial charge < -0.3 is 9.88 Å². The molecule has 3 rings (SSSR count). The highest BCUT2D eigenvalue weighted by Gasteiger charge is 2.23. The van der Waals surface area contributed by atoms with Gasteiger partial charge in [0, 0.05) is 30.6 Å². The van der Waals surface area contributed by atoms with Crippen molar-refractivity contribution in [3.63, 3.8) is 0 Å². The van der Waals surface area contributed by atoms with E-state index in [9.17, 15) is 14.9 Å². The molecule has 3 aromatic rings. The van der Waals surface area contributed by atoms with Crippen molar-refractivity contribution < 1.29 is 9.72 Å². The summed E-state index contributed by atoms with van der Waals surface area (Å²) in [7, 11) is 0. The van der Waals surface area contributed by atoms with Gasteiger partial charge in [-0.2, -0.15) is 0 Å². The van der Waals surface area contributed by atoms with Crippen LogP contribution in [-0.2, 0) is 11.3 Å². The molecule has 0 unspecified atom stereocenters. The Kier molecular flexibility index (Phi) is 6.55. The van der Waals surface area contributed by atoms with E-state index in [0.717, 1.165) is 12.0 Å². The Bertz CT molecular complexity index is 1010. The summed E-state index contributed by atoms with van der Waals surface area (Å²) < 4.78 is 1.97. The Morgan fingerprint density at radius 2 is 1.97 bits per heavy atom. The van der Waals surface area contributed by atoms with Crippen molar-refractivity contribution in [3.8, 4) is 11.4 Å². The van der Waals surface area contributed by atoms with E-state index in [1.807, 2.05) is 16.7 Å². The molecule has 0 saturated carbocycles. The molecule has 150 valence electrons. The molecule has 0 bridgehead atoms. The maximum atomic E-state index is 12.6. The molecule has 29 heavy (non-hydrogen) atoms. The number of benzene rings is 1. The monoisotopic (exact) mass is 412 g/mol. The van der Waals surface area contributed by atoms with E-state index in [1.165, 1.54) is 23.9 Å². The summed E-state index contributed by atoms with van der Waals surface area (Å²) in [5.41, 5.74) is 0.916. The van der Waals surface area contributed by atoms with Gasteiger partial charge in [0.2, 0.25) is 5.91 Å². The number of hydrogen-bond donors (Lipinski definition) is 1. The van der Waals surface area contributed by atoms with Crippen molar-refractivity contribution in [2.45, 2.75) is 37.2 Å². The number of aromatic nitrogens is 4. The second-order valence-corrected chi connectivity index (χ2v) is 7.53. The Morgan fingerprint density at radius 1 is 1.24 bits per heavy atom. The first kappa shape index (κ1) is 20.5. The molecule has 0 saturated heterocycles. The topological polar surface area (TPSA) is 116 Å². The fourth-order valence-electron chi connectivity index (χ4n) is 2.70. The van der Waals surface area contributed by atoms with E-state index in [0.29, 0.717) is 17.5 Å². The number of pyridine rings is 1. The fourth-order valence-corrected chi connectivity index (χ4v) is 3.58. The second kappa shape index (κ2) is 9.28. The molecule has 10 heteroatoms. The number of amides is 1. The first-order chi connectivity index (χ1) is 14.0. The Morgan fingerprint density at radius 3 is 2.66 bits per heavy atom. The van der Waals surface area contributed by atoms with Crippen LogP contribution in [0, 0.1) is 10.1 Å². The average molecular weight is 412 g/mol. The molecule has 0 spiro atoms. The van der Waals surface area contributed by atoms with Crippen LogP contribution in [0.25, 0.3) is 11.4 Å². The van der Waals surface area contributed by atoms with E-state index in [-0.39, 0.29) is 17.3 Å². The molecule has 1 aromatic carbocycles. The lowest BCUT2D eigenvalue weighted by atomic mass is 10.2. The first-order valence-electron chi connectivity index (χ1n) is 9.05. The highest BCUT2D eigenvalue weighted by atomic mass is 32.2. The third-order valence-electron chi connectivity index (χ3n) is 4.11. The number of para-hydroxylation sites is 2. The fraction of sp³-hybridized carbons (Fsp3) is 0.263. The van der Waals surface area contributed by atoms with Crippen LogP contribution in [0.1, 0.15) is 20.3 Å². The van der Waals surface area contributed by atoms with Gasteiger partial charge in [-0.15, -0.1) is 10.2 Å². The van der Waals surface area contributed by atoms with Crippen molar-refractivity contribution in [2.75, 3.05) is 5.32 Å². The maximum Gasteiger partial charge on any atom is 0.292 e. The number of nitro groups is 1. The van der Waals surface area contributed by atoms with Crippen molar-refractivity contribution in [1.82, 2.24) is 19.7 Å². The molecule has 0 aliphatic heterocycles. The molecule has 0 aliphatic rings. The number of nitrogens with one attached hydrogen (secondary N) is 1. The van der Waals surface area contributed by atoms with Gasteiger partial charge in [-0.05, 0) is 31.5 Å². The van der Waals surface area contributed by atoms with Crippen molar-refractivity contribution in [1.29, 1.82) is 0 Å². The largest absolute Gasteiger partial charge is 0.319 e. The van der Waals surface area contributed by atoms with Gasteiger partial charge in [0.25, 0.3) is 5.69 Å². The van der Waals surface area contributed by atoms with E-state index in [4.69, 9.17) is 0 Å². The summed E-state index contributed by atoms with van der Waals surface area (Å²) in [5.74, 6) is 0.365. The molecule has 9 nitrogen and oxygen atoms in total. The van der Waals surface area contributed by atoms with Gasteiger partial charge in [-0.1, -0.05) is 30.8 Å². The zero-order valence-electron chi connectivity index (χ0n) is 16.0. The molecule has 2 aromatic heterocycles. The smallest absolute Gasteiger partial charge is 0.292 e. The predicted molar refractivity (Wildman–Crippen MR) is 111 cm³/mol. The van der Waals surface area contributed by atoms with Crippen LogP contribution >= 0.6 is 11.8 Å². The van der Waals surface area contributed by atoms with Crippen LogP contribution in [0.15, 0.2) is 53.9 Å². The minimum Gasteiger partial charge on any atom is -0.319 e. The lowest BCUT2D eigenvalue weighted by Crippen LogP contribution is -2.23. The number of nitro benzene ring substituents is 1. The number of carbonyl (C=O) groups excluding carboxylic acids is 1. The lowest BCUT2D eigenvalue weighted by molar-refractivity contribution is -0.383.